The van der Waals surface area contributed by atoms with Crippen LogP contribution in [-0.4, -0.2) is 34.0 Å². The fourth-order valence-electron chi connectivity index (χ4n) is 2.54. The van der Waals surface area contributed by atoms with Gasteiger partial charge < -0.3 is 15.3 Å². The highest BCUT2D eigenvalue weighted by atomic mass is 32.2. The van der Waals surface area contributed by atoms with Gasteiger partial charge in [0.05, 0.1) is 29.6 Å². The second-order valence-electron chi connectivity index (χ2n) is 5.79. The molecule has 0 aliphatic rings. The number of nitrogens with zero attached hydrogens (tertiary/aromatic N) is 4. The highest BCUT2D eigenvalue weighted by Gasteiger charge is 2.33. The monoisotopic (exact) mass is 441 g/mol. The van der Waals surface area contributed by atoms with E-state index in [9.17, 15) is 23.3 Å². The lowest BCUT2D eigenvalue weighted by Gasteiger charge is -2.10. The second kappa shape index (κ2) is 8.10. The highest BCUT2D eigenvalue weighted by molar-refractivity contribution is 7.99. The van der Waals surface area contributed by atoms with Crippen LogP contribution in [0.1, 0.15) is 5.56 Å². The molecule has 3 aromatic rings. The minimum atomic E-state index is -4.71. The van der Waals surface area contributed by atoms with E-state index in [1.165, 1.54) is 14.2 Å². The maximum atomic E-state index is 12.9. The molecule has 1 aromatic heterocycles. The molecule has 30 heavy (non-hydrogen) atoms. The summed E-state index contributed by atoms with van der Waals surface area (Å²) < 4.78 is 50.1. The predicted molar refractivity (Wildman–Crippen MR) is 101 cm³/mol. The van der Waals surface area contributed by atoms with Gasteiger partial charge in [0.1, 0.15) is 0 Å². The van der Waals surface area contributed by atoms with Crippen LogP contribution in [0.2, 0.25) is 0 Å². The Balaban J connectivity index is 1.97. The molecule has 13 heteroatoms. The summed E-state index contributed by atoms with van der Waals surface area (Å²) in [7, 11) is 2.94. The topological polar surface area (TPSA) is 118 Å². The Kier molecular flexibility index (Phi) is 5.73. The smallest absolute Gasteiger partial charge is 0.416 e. The van der Waals surface area contributed by atoms with Crippen LogP contribution in [-0.2, 0) is 6.18 Å². The normalized spacial score (nSPS) is 11.4. The van der Waals surface area contributed by atoms with Crippen LogP contribution in [0, 0.1) is 10.1 Å². The summed E-state index contributed by atoms with van der Waals surface area (Å²) >= 11 is 0.721. The Hall–Kier alpha value is -3.48. The molecule has 0 fully saturated rings. The molecule has 0 aliphatic carbocycles. The van der Waals surface area contributed by atoms with Gasteiger partial charge in [-0.3, -0.25) is 10.1 Å². The highest BCUT2D eigenvalue weighted by Crippen LogP contribution is 2.39. The van der Waals surface area contributed by atoms with Crippen LogP contribution < -0.4 is 15.3 Å². The van der Waals surface area contributed by atoms with Gasteiger partial charge in [0, 0.05) is 11.6 Å². The van der Waals surface area contributed by atoms with E-state index >= 15 is 0 Å². The first-order valence-corrected chi connectivity index (χ1v) is 8.93. The number of nitrogen functional groups attached to an aromatic ring is 1. The largest absolute Gasteiger partial charge is 0.493 e. The molecule has 0 spiro atoms. The molecule has 158 valence electrons. The number of rotatable bonds is 6. The Morgan fingerprint density at radius 3 is 2.40 bits per heavy atom. The molecule has 2 aromatic carbocycles. The number of benzene rings is 2. The van der Waals surface area contributed by atoms with E-state index in [2.05, 4.69) is 10.2 Å². The van der Waals surface area contributed by atoms with Crippen molar-refractivity contribution in [2.45, 2.75) is 16.2 Å². The van der Waals surface area contributed by atoms with E-state index in [1.807, 2.05) is 0 Å². The number of hydrogen-bond donors (Lipinski definition) is 1. The molecule has 3 rings (SSSR count). The first-order valence-electron chi connectivity index (χ1n) is 8.12. The standard InChI is InChI=1S/C17H14F3N5O4S/c1-28-12-5-3-9(7-13(12)29-2)15-22-23-16(24(15)21)30-14-6-4-10(17(18,19)20)8-11(14)25(26)27/h3-8H,21H2,1-2H3. The van der Waals surface area contributed by atoms with Crippen LogP contribution >= 0.6 is 11.8 Å². The van der Waals surface area contributed by atoms with E-state index < -0.39 is 22.4 Å². The molecule has 0 bridgehead atoms. The van der Waals surface area contributed by atoms with Crippen molar-refractivity contribution in [3.8, 4) is 22.9 Å². The second-order valence-corrected chi connectivity index (χ2v) is 6.79. The van der Waals surface area contributed by atoms with Gasteiger partial charge in [-0.25, -0.2) is 4.68 Å². The molecule has 0 radical (unpaired) electrons. The third-order valence-electron chi connectivity index (χ3n) is 3.99. The number of methoxy groups -OCH3 is 2. The lowest BCUT2D eigenvalue weighted by molar-refractivity contribution is -0.388. The number of aromatic nitrogens is 3. The Bertz CT molecular complexity index is 1100. The fraction of sp³-hybridized carbons (Fsp3) is 0.176. The molecule has 2 N–H and O–H groups in total. The molecular formula is C17H14F3N5O4S. The molecule has 9 nitrogen and oxygen atoms in total. The van der Waals surface area contributed by atoms with Crippen molar-refractivity contribution in [1.29, 1.82) is 0 Å². The summed E-state index contributed by atoms with van der Waals surface area (Å²) in [6, 6.07) is 7.12. The minimum Gasteiger partial charge on any atom is -0.493 e. The van der Waals surface area contributed by atoms with Crippen LogP contribution in [0.3, 0.4) is 0 Å². The van der Waals surface area contributed by atoms with Crippen LogP contribution in [0.5, 0.6) is 11.5 Å². The van der Waals surface area contributed by atoms with Gasteiger partial charge in [-0.2, -0.15) is 13.2 Å². The summed E-state index contributed by atoms with van der Waals surface area (Å²) in [5.74, 6) is 7.14. The first kappa shape index (κ1) is 21.2. The fourth-order valence-corrected chi connectivity index (χ4v) is 3.38. The third kappa shape index (κ3) is 4.10. The molecule has 0 aliphatic heterocycles. The molecular weight excluding hydrogens is 427 g/mol. The Morgan fingerprint density at radius 1 is 1.10 bits per heavy atom. The number of ether oxygens (including phenoxy) is 2. The summed E-state index contributed by atoms with van der Waals surface area (Å²) in [4.78, 5) is 10.3. The SMILES string of the molecule is COc1ccc(-c2nnc(Sc3ccc(C(F)(F)F)cc3[N+](=O)[O-])n2N)cc1OC. The van der Waals surface area contributed by atoms with Gasteiger partial charge in [0.25, 0.3) is 5.69 Å². The third-order valence-corrected chi connectivity index (χ3v) is 5.02. The van der Waals surface area contributed by atoms with Gasteiger partial charge in [0.2, 0.25) is 5.16 Å². The van der Waals surface area contributed by atoms with Crippen molar-refractivity contribution >= 4 is 17.4 Å². The molecule has 0 atom stereocenters. The number of nitrogens with two attached hydrogens (primary N) is 1. The molecule has 0 amide bonds. The minimum absolute atomic E-state index is 0.0441. The summed E-state index contributed by atoms with van der Waals surface area (Å²) in [6.07, 6.45) is -4.71. The van der Waals surface area contributed by atoms with Crippen molar-refractivity contribution in [1.82, 2.24) is 14.9 Å². The van der Waals surface area contributed by atoms with Crippen LogP contribution in [0.15, 0.2) is 46.5 Å². The summed E-state index contributed by atoms with van der Waals surface area (Å²) in [5.41, 5.74) is -1.32. The van der Waals surface area contributed by atoms with Gasteiger partial charge in [-0.05, 0) is 42.1 Å². The maximum absolute atomic E-state index is 12.9. The average Bonchev–Trinajstić information content (AvgIpc) is 3.07. The summed E-state index contributed by atoms with van der Waals surface area (Å²) in [6.45, 7) is 0. The predicted octanol–water partition coefficient (Wildman–Crippen LogP) is 3.75. The van der Waals surface area contributed by atoms with E-state index in [0.717, 1.165) is 28.6 Å². The molecule has 1 heterocycles. The molecule has 0 unspecified atom stereocenters. The van der Waals surface area contributed by atoms with Crippen molar-refractivity contribution in [3.05, 3.63) is 52.1 Å². The van der Waals surface area contributed by atoms with E-state index in [-0.39, 0.29) is 15.9 Å². The zero-order valence-electron chi connectivity index (χ0n) is 15.5. The van der Waals surface area contributed by atoms with Gasteiger partial charge in [-0.15, -0.1) is 10.2 Å². The van der Waals surface area contributed by atoms with Crippen LogP contribution in [0.4, 0.5) is 18.9 Å². The lowest BCUT2D eigenvalue weighted by atomic mass is 10.2. The zero-order valence-corrected chi connectivity index (χ0v) is 16.3. The molecule has 0 saturated carbocycles. The lowest BCUT2D eigenvalue weighted by Crippen LogP contribution is -2.11. The number of alkyl halides is 3. The van der Waals surface area contributed by atoms with Crippen molar-refractivity contribution < 1.29 is 27.6 Å². The van der Waals surface area contributed by atoms with Crippen molar-refractivity contribution in [2.75, 3.05) is 20.1 Å². The van der Waals surface area contributed by atoms with E-state index in [4.69, 9.17) is 15.3 Å². The average molecular weight is 441 g/mol. The van der Waals surface area contributed by atoms with E-state index in [0.29, 0.717) is 23.1 Å². The molecule has 0 saturated heterocycles. The number of nitro groups is 1. The van der Waals surface area contributed by atoms with Crippen molar-refractivity contribution in [2.24, 2.45) is 0 Å². The zero-order chi connectivity index (χ0) is 22.1. The van der Waals surface area contributed by atoms with Gasteiger partial charge in [-0.1, -0.05) is 0 Å². The Morgan fingerprint density at radius 2 is 1.80 bits per heavy atom. The number of halogens is 3. The van der Waals surface area contributed by atoms with Gasteiger partial charge >= 0.3 is 6.18 Å². The van der Waals surface area contributed by atoms with Gasteiger partial charge in [0.15, 0.2) is 17.3 Å². The summed E-state index contributed by atoms with van der Waals surface area (Å²) in [5, 5.41) is 19.2. The van der Waals surface area contributed by atoms with Crippen LogP contribution in [0.25, 0.3) is 11.4 Å². The number of nitro benzene ring substituents is 1. The van der Waals surface area contributed by atoms with Crippen molar-refractivity contribution in [3.63, 3.8) is 0 Å². The van der Waals surface area contributed by atoms with E-state index in [1.54, 1.807) is 18.2 Å². The first-order chi connectivity index (χ1) is 14.2. The maximum Gasteiger partial charge on any atom is 0.416 e. The Labute approximate surface area is 171 Å². The number of hydrogen-bond acceptors (Lipinski definition) is 8. The quantitative estimate of drug-likeness (QED) is 0.349.